The smallest absolute Gasteiger partial charge is 0.137 e. The van der Waals surface area contributed by atoms with Crippen molar-refractivity contribution in [2.45, 2.75) is 13.1 Å². The SMILES string of the molecule is Fc1ccc(CNCc2cn3cc(Cl)ccc3n2)c(F)c1. The Morgan fingerprint density at radius 1 is 1.10 bits per heavy atom. The molecule has 0 spiro atoms. The van der Waals surface area contributed by atoms with Gasteiger partial charge in [-0.05, 0) is 18.2 Å². The van der Waals surface area contributed by atoms with Crippen LogP contribution in [0.3, 0.4) is 0 Å². The zero-order valence-corrected chi connectivity index (χ0v) is 11.7. The Kier molecular flexibility index (Phi) is 3.86. The van der Waals surface area contributed by atoms with E-state index in [9.17, 15) is 8.78 Å². The molecular weight excluding hydrogens is 296 g/mol. The summed E-state index contributed by atoms with van der Waals surface area (Å²) in [6.07, 6.45) is 3.63. The molecule has 0 unspecified atom stereocenters. The Balaban J connectivity index is 1.66. The number of aromatic nitrogens is 2. The van der Waals surface area contributed by atoms with Crippen molar-refractivity contribution >= 4 is 17.2 Å². The van der Waals surface area contributed by atoms with E-state index in [0.717, 1.165) is 17.4 Å². The second-order valence-electron chi connectivity index (χ2n) is 4.68. The summed E-state index contributed by atoms with van der Waals surface area (Å²) in [4.78, 5) is 4.41. The molecule has 1 aromatic carbocycles. The van der Waals surface area contributed by atoms with Crippen LogP contribution in [0.15, 0.2) is 42.7 Å². The lowest BCUT2D eigenvalue weighted by Crippen LogP contribution is -2.14. The maximum absolute atomic E-state index is 13.5. The Labute approximate surface area is 125 Å². The monoisotopic (exact) mass is 307 g/mol. The average Bonchev–Trinajstić information content (AvgIpc) is 2.83. The molecule has 0 fully saturated rings. The summed E-state index contributed by atoms with van der Waals surface area (Å²) < 4.78 is 28.1. The maximum Gasteiger partial charge on any atom is 0.137 e. The third-order valence-electron chi connectivity index (χ3n) is 3.10. The molecule has 0 radical (unpaired) electrons. The van der Waals surface area contributed by atoms with Crippen LogP contribution in [0.2, 0.25) is 5.02 Å². The highest BCUT2D eigenvalue weighted by molar-refractivity contribution is 6.30. The van der Waals surface area contributed by atoms with Crippen LogP contribution in [0.25, 0.3) is 5.65 Å². The first-order valence-corrected chi connectivity index (χ1v) is 6.77. The number of benzene rings is 1. The Morgan fingerprint density at radius 3 is 2.76 bits per heavy atom. The van der Waals surface area contributed by atoms with E-state index in [1.54, 1.807) is 12.3 Å². The van der Waals surface area contributed by atoms with Gasteiger partial charge in [-0.2, -0.15) is 0 Å². The van der Waals surface area contributed by atoms with Crippen molar-refractivity contribution < 1.29 is 8.78 Å². The van der Waals surface area contributed by atoms with Crippen molar-refractivity contribution in [2.24, 2.45) is 0 Å². The molecule has 0 saturated carbocycles. The minimum absolute atomic E-state index is 0.306. The van der Waals surface area contributed by atoms with Crippen molar-refractivity contribution in [3.05, 3.63) is 70.6 Å². The summed E-state index contributed by atoms with van der Waals surface area (Å²) in [7, 11) is 0. The summed E-state index contributed by atoms with van der Waals surface area (Å²) in [6, 6.07) is 7.15. The van der Waals surface area contributed by atoms with E-state index in [0.29, 0.717) is 23.7 Å². The second kappa shape index (κ2) is 5.79. The van der Waals surface area contributed by atoms with Gasteiger partial charge in [0.1, 0.15) is 17.3 Å². The number of hydrogen-bond donors (Lipinski definition) is 1. The molecule has 0 aliphatic heterocycles. The molecule has 2 aromatic heterocycles. The zero-order valence-electron chi connectivity index (χ0n) is 11.0. The summed E-state index contributed by atoms with van der Waals surface area (Å²) in [5, 5.41) is 3.71. The van der Waals surface area contributed by atoms with Crippen molar-refractivity contribution in [1.29, 1.82) is 0 Å². The Morgan fingerprint density at radius 2 is 1.95 bits per heavy atom. The van der Waals surface area contributed by atoms with E-state index >= 15 is 0 Å². The first-order chi connectivity index (χ1) is 10.1. The topological polar surface area (TPSA) is 29.3 Å². The number of rotatable bonds is 4. The minimum Gasteiger partial charge on any atom is -0.307 e. The molecule has 3 nitrogen and oxygen atoms in total. The third-order valence-corrected chi connectivity index (χ3v) is 3.33. The number of imidazole rings is 1. The Hall–Kier alpha value is -1.98. The molecule has 108 valence electrons. The van der Waals surface area contributed by atoms with Crippen molar-refractivity contribution in [1.82, 2.24) is 14.7 Å². The number of pyridine rings is 1. The van der Waals surface area contributed by atoms with E-state index in [4.69, 9.17) is 11.6 Å². The quantitative estimate of drug-likeness (QED) is 0.798. The van der Waals surface area contributed by atoms with Crippen molar-refractivity contribution in [2.75, 3.05) is 0 Å². The lowest BCUT2D eigenvalue weighted by Gasteiger charge is -2.04. The van der Waals surface area contributed by atoms with Gasteiger partial charge < -0.3 is 9.72 Å². The molecule has 0 aliphatic rings. The van der Waals surface area contributed by atoms with Crippen LogP contribution >= 0.6 is 11.6 Å². The molecule has 2 heterocycles. The van der Waals surface area contributed by atoms with Crippen LogP contribution in [-0.4, -0.2) is 9.38 Å². The van der Waals surface area contributed by atoms with Gasteiger partial charge in [0.05, 0.1) is 10.7 Å². The van der Waals surface area contributed by atoms with Crippen LogP contribution < -0.4 is 5.32 Å². The summed E-state index contributed by atoms with van der Waals surface area (Å²) in [5.74, 6) is -1.13. The Bertz CT molecular complexity index is 786. The van der Waals surface area contributed by atoms with Gasteiger partial charge >= 0.3 is 0 Å². The molecule has 6 heteroatoms. The molecule has 21 heavy (non-hydrogen) atoms. The maximum atomic E-state index is 13.5. The molecule has 0 saturated heterocycles. The number of nitrogens with zero attached hydrogens (tertiary/aromatic N) is 2. The molecule has 0 amide bonds. The summed E-state index contributed by atoms with van der Waals surface area (Å²) in [6.45, 7) is 0.789. The van der Waals surface area contributed by atoms with Crippen molar-refractivity contribution in [3.63, 3.8) is 0 Å². The van der Waals surface area contributed by atoms with Crippen LogP contribution in [0.1, 0.15) is 11.3 Å². The highest BCUT2D eigenvalue weighted by Crippen LogP contribution is 2.12. The van der Waals surface area contributed by atoms with Gasteiger partial charge in [-0.1, -0.05) is 17.7 Å². The van der Waals surface area contributed by atoms with Gasteiger partial charge in [0, 0.05) is 37.1 Å². The predicted octanol–water partition coefficient (Wildman–Crippen LogP) is 3.56. The van der Waals surface area contributed by atoms with Gasteiger partial charge in [0.2, 0.25) is 0 Å². The van der Waals surface area contributed by atoms with Crippen molar-refractivity contribution in [3.8, 4) is 0 Å². The zero-order chi connectivity index (χ0) is 14.8. The second-order valence-corrected chi connectivity index (χ2v) is 5.12. The molecule has 0 atom stereocenters. The standard InChI is InChI=1S/C15H12ClF2N3/c16-11-2-4-15-20-13(9-21(15)8-11)7-19-6-10-1-3-12(17)5-14(10)18/h1-5,8-9,19H,6-7H2. The highest BCUT2D eigenvalue weighted by Gasteiger charge is 2.05. The number of hydrogen-bond acceptors (Lipinski definition) is 2. The van der Waals surface area contributed by atoms with E-state index in [1.165, 1.54) is 12.1 Å². The molecule has 0 bridgehead atoms. The first kappa shape index (κ1) is 14.0. The van der Waals surface area contributed by atoms with Gasteiger partial charge in [-0.25, -0.2) is 13.8 Å². The fourth-order valence-corrected chi connectivity index (χ4v) is 2.26. The molecule has 3 aromatic rings. The van der Waals surface area contributed by atoms with Crippen LogP contribution in [0.4, 0.5) is 8.78 Å². The molecule has 0 aliphatic carbocycles. The van der Waals surface area contributed by atoms with Gasteiger partial charge in [-0.15, -0.1) is 0 Å². The number of nitrogens with one attached hydrogen (secondary N) is 1. The number of fused-ring (bicyclic) bond motifs is 1. The van der Waals surface area contributed by atoms with E-state index in [-0.39, 0.29) is 0 Å². The fourth-order valence-electron chi connectivity index (χ4n) is 2.09. The van der Waals surface area contributed by atoms with Gasteiger partial charge in [0.15, 0.2) is 0 Å². The van der Waals surface area contributed by atoms with E-state index < -0.39 is 11.6 Å². The fraction of sp³-hybridized carbons (Fsp3) is 0.133. The first-order valence-electron chi connectivity index (χ1n) is 6.39. The minimum atomic E-state index is -0.575. The number of halogens is 3. The highest BCUT2D eigenvalue weighted by atomic mass is 35.5. The van der Waals surface area contributed by atoms with Crippen LogP contribution in [0.5, 0.6) is 0 Å². The largest absolute Gasteiger partial charge is 0.307 e. The molecule has 1 N–H and O–H groups in total. The average molecular weight is 308 g/mol. The summed E-state index contributed by atoms with van der Waals surface area (Å²) in [5.41, 5.74) is 2.03. The van der Waals surface area contributed by atoms with E-state index in [2.05, 4.69) is 10.3 Å². The van der Waals surface area contributed by atoms with Crippen LogP contribution in [-0.2, 0) is 13.1 Å². The summed E-state index contributed by atoms with van der Waals surface area (Å²) >= 11 is 5.91. The predicted molar refractivity (Wildman–Crippen MR) is 77.1 cm³/mol. The van der Waals surface area contributed by atoms with E-state index in [1.807, 2.05) is 16.7 Å². The van der Waals surface area contributed by atoms with Gasteiger partial charge in [0.25, 0.3) is 0 Å². The van der Waals surface area contributed by atoms with Crippen LogP contribution in [0, 0.1) is 11.6 Å². The lowest BCUT2D eigenvalue weighted by atomic mass is 10.2. The lowest BCUT2D eigenvalue weighted by molar-refractivity contribution is 0.559. The molecular formula is C15H12ClF2N3. The molecule has 3 rings (SSSR count). The normalized spacial score (nSPS) is 11.2. The third kappa shape index (κ3) is 3.20. The van der Waals surface area contributed by atoms with Gasteiger partial charge in [-0.3, -0.25) is 0 Å².